The molecule has 0 aliphatic carbocycles. The smallest absolute Gasteiger partial charge is 0.164 e. The Kier molecular flexibility index (Phi) is 3.01. The molecule has 0 aliphatic rings. The van der Waals surface area contributed by atoms with E-state index in [4.69, 9.17) is 27.9 Å². The molecule has 64 valence electrons. The molecule has 0 atom stereocenters. The van der Waals surface area contributed by atoms with Gasteiger partial charge < -0.3 is 4.74 Å². The number of allylic oxidation sites excluding steroid dienone is 1. The van der Waals surface area contributed by atoms with Crippen LogP contribution >= 0.6 is 23.2 Å². The van der Waals surface area contributed by atoms with E-state index < -0.39 is 0 Å². The summed E-state index contributed by atoms with van der Waals surface area (Å²) >= 11 is 11.6. The summed E-state index contributed by atoms with van der Waals surface area (Å²) in [7, 11) is 0. The highest BCUT2D eigenvalue weighted by Gasteiger charge is 2.05. The van der Waals surface area contributed by atoms with Crippen LogP contribution in [0.1, 0.15) is 6.92 Å². The minimum Gasteiger partial charge on any atom is -0.460 e. The van der Waals surface area contributed by atoms with Crippen molar-refractivity contribution in [3.63, 3.8) is 0 Å². The van der Waals surface area contributed by atoms with Gasteiger partial charge in [-0.05, 0) is 19.1 Å². The van der Waals surface area contributed by atoms with Crippen molar-refractivity contribution < 1.29 is 4.74 Å². The lowest BCUT2D eigenvalue weighted by Gasteiger charge is -2.07. The molecule has 0 aromatic heterocycles. The summed E-state index contributed by atoms with van der Waals surface area (Å²) in [6.07, 6.45) is 0. The molecule has 0 saturated carbocycles. The molecule has 0 unspecified atom stereocenters. The molecule has 0 heterocycles. The van der Waals surface area contributed by atoms with Crippen LogP contribution in [0, 0.1) is 0 Å². The summed E-state index contributed by atoms with van der Waals surface area (Å²) in [6, 6.07) is 5.19. The fourth-order valence-electron chi connectivity index (χ4n) is 0.754. The van der Waals surface area contributed by atoms with Crippen molar-refractivity contribution in [2.75, 3.05) is 0 Å². The molecule has 1 nitrogen and oxygen atoms in total. The van der Waals surface area contributed by atoms with Gasteiger partial charge in [-0.1, -0.05) is 35.8 Å². The molecule has 0 aliphatic heterocycles. The number of hydrogen-bond acceptors (Lipinski definition) is 1. The highest BCUT2D eigenvalue weighted by atomic mass is 35.5. The minimum absolute atomic E-state index is 0.466. The molecule has 1 aromatic rings. The lowest BCUT2D eigenvalue weighted by molar-refractivity contribution is 0.431. The Morgan fingerprint density at radius 1 is 1.33 bits per heavy atom. The number of para-hydroxylation sites is 1. The van der Waals surface area contributed by atoms with Crippen molar-refractivity contribution in [1.82, 2.24) is 0 Å². The maximum atomic E-state index is 5.82. The van der Waals surface area contributed by atoms with Gasteiger partial charge in [0.05, 0.1) is 15.8 Å². The van der Waals surface area contributed by atoms with Crippen molar-refractivity contribution in [2.24, 2.45) is 0 Å². The molecule has 0 fully saturated rings. The number of hydrogen-bond donors (Lipinski definition) is 0. The topological polar surface area (TPSA) is 9.23 Å². The molecular formula is C9H8Cl2O. The predicted molar refractivity (Wildman–Crippen MR) is 51.9 cm³/mol. The summed E-state index contributed by atoms with van der Waals surface area (Å²) < 4.78 is 5.22. The van der Waals surface area contributed by atoms with E-state index in [0.717, 1.165) is 0 Å². The van der Waals surface area contributed by atoms with Gasteiger partial charge in [0.25, 0.3) is 0 Å². The van der Waals surface area contributed by atoms with Gasteiger partial charge >= 0.3 is 0 Å². The average molecular weight is 203 g/mol. The monoisotopic (exact) mass is 202 g/mol. The van der Waals surface area contributed by atoms with Crippen LogP contribution < -0.4 is 4.74 Å². The molecular weight excluding hydrogens is 195 g/mol. The van der Waals surface area contributed by atoms with Crippen LogP contribution in [0.3, 0.4) is 0 Å². The number of ether oxygens (including phenoxy) is 1. The van der Waals surface area contributed by atoms with Gasteiger partial charge in [-0.3, -0.25) is 0 Å². The zero-order chi connectivity index (χ0) is 9.14. The maximum Gasteiger partial charge on any atom is 0.164 e. The van der Waals surface area contributed by atoms with Crippen molar-refractivity contribution in [3.05, 3.63) is 40.6 Å². The third kappa shape index (κ3) is 2.16. The summed E-state index contributed by atoms with van der Waals surface area (Å²) in [5, 5.41) is 0.982. The Bertz CT molecular complexity index is 287. The first-order chi connectivity index (χ1) is 5.61. The van der Waals surface area contributed by atoms with Gasteiger partial charge in [-0.25, -0.2) is 0 Å². The van der Waals surface area contributed by atoms with Crippen LogP contribution in [-0.4, -0.2) is 0 Å². The fourth-order valence-corrected chi connectivity index (χ4v) is 1.23. The summed E-state index contributed by atoms with van der Waals surface area (Å²) in [6.45, 7) is 5.33. The van der Waals surface area contributed by atoms with Crippen LogP contribution in [0.4, 0.5) is 0 Å². The van der Waals surface area contributed by atoms with Crippen LogP contribution in [0.25, 0.3) is 0 Å². The first-order valence-electron chi connectivity index (χ1n) is 3.38. The molecule has 0 N–H and O–H groups in total. The molecule has 3 heteroatoms. The molecule has 0 radical (unpaired) electrons. The number of benzene rings is 1. The molecule has 0 amide bonds. The molecule has 0 spiro atoms. The van der Waals surface area contributed by atoms with E-state index in [-0.39, 0.29) is 0 Å². The third-order valence-electron chi connectivity index (χ3n) is 1.20. The zero-order valence-electron chi connectivity index (χ0n) is 6.60. The van der Waals surface area contributed by atoms with Crippen LogP contribution in [0.15, 0.2) is 30.5 Å². The summed E-state index contributed by atoms with van der Waals surface area (Å²) in [5.41, 5.74) is 0. The average Bonchev–Trinajstić information content (AvgIpc) is 1.97. The SMILES string of the molecule is C=C(C)Oc1c(Cl)cccc1Cl. The molecule has 1 aromatic carbocycles. The van der Waals surface area contributed by atoms with E-state index in [9.17, 15) is 0 Å². The van der Waals surface area contributed by atoms with Crippen LogP contribution in [0.5, 0.6) is 5.75 Å². The Morgan fingerprint density at radius 3 is 2.25 bits per heavy atom. The normalized spacial score (nSPS) is 9.58. The maximum absolute atomic E-state index is 5.82. The largest absolute Gasteiger partial charge is 0.460 e. The second-order valence-corrected chi connectivity index (χ2v) is 3.17. The van der Waals surface area contributed by atoms with E-state index in [1.54, 1.807) is 25.1 Å². The van der Waals surface area contributed by atoms with E-state index in [1.165, 1.54) is 0 Å². The Balaban J connectivity index is 3.04. The van der Waals surface area contributed by atoms with E-state index >= 15 is 0 Å². The highest BCUT2D eigenvalue weighted by Crippen LogP contribution is 2.33. The first kappa shape index (κ1) is 9.43. The first-order valence-corrected chi connectivity index (χ1v) is 4.14. The Morgan fingerprint density at radius 2 is 1.83 bits per heavy atom. The minimum atomic E-state index is 0.466. The highest BCUT2D eigenvalue weighted by molar-refractivity contribution is 6.37. The number of halogens is 2. The molecule has 1 rings (SSSR count). The van der Waals surface area contributed by atoms with E-state index in [1.807, 2.05) is 0 Å². The van der Waals surface area contributed by atoms with Crippen molar-refractivity contribution >= 4 is 23.2 Å². The van der Waals surface area contributed by atoms with E-state index in [2.05, 4.69) is 6.58 Å². The molecule has 0 bridgehead atoms. The van der Waals surface area contributed by atoms with Crippen molar-refractivity contribution in [3.8, 4) is 5.75 Å². The zero-order valence-corrected chi connectivity index (χ0v) is 8.12. The van der Waals surface area contributed by atoms with Gasteiger partial charge in [0.1, 0.15) is 0 Å². The quantitative estimate of drug-likeness (QED) is 0.662. The van der Waals surface area contributed by atoms with Crippen LogP contribution in [0.2, 0.25) is 10.0 Å². The summed E-state index contributed by atoms with van der Waals surface area (Å²) in [5.74, 6) is 1.03. The van der Waals surface area contributed by atoms with Gasteiger partial charge in [0.2, 0.25) is 0 Å². The van der Waals surface area contributed by atoms with E-state index in [0.29, 0.717) is 21.6 Å². The van der Waals surface area contributed by atoms with Crippen LogP contribution in [-0.2, 0) is 0 Å². The second-order valence-electron chi connectivity index (χ2n) is 2.35. The lowest BCUT2D eigenvalue weighted by Crippen LogP contribution is -1.89. The lowest BCUT2D eigenvalue weighted by atomic mass is 10.3. The van der Waals surface area contributed by atoms with Gasteiger partial charge in [0.15, 0.2) is 5.75 Å². The van der Waals surface area contributed by atoms with Gasteiger partial charge in [-0.2, -0.15) is 0 Å². The van der Waals surface area contributed by atoms with Crippen molar-refractivity contribution in [1.29, 1.82) is 0 Å². The van der Waals surface area contributed by atoms with Crippen molar-refractivity contribution in [2.45, 2.75) is 6.92 Å². The number of rotatable bonds is 2. The molecule has 12 heavy (non-hydrogen) atoms. The fraction of sp³-hybridized carbons (Fsp3) is 0.111. The van der Waals surface area contributed by atoms with Gasteiger partial charge in [-0.15, -0.1) is 0 Å². The Labute approximate surface area is 81.6 Å². The Hall–Kier alpha value is -0.660. The standard InChI is InChI=1S/C9H8Cl2O/c1-6(2)12-9-7(10)4-3-5-8(9)11/h3-5H,1H2,2H3. The van der Waals surface area contributed by atoms with Gasteiger partial charge in [0, 0.05) is 0 Å². The summed E-state index contributed by atoms with van der Waals surface area (Å²) in [4.78, 5) is 0. The second kappa shape index (κ2) is 3.83. The third-order valence-corrected chi connectivity index (χ3v) is 1.79. The predicted octanol–water partition coefficient (Wildman–Crippen LogP) is 3.91. The molecule has 0 saturated heterocycles.